The van der Waals surface area contributed by atoms with Crippen molar-refractivity contribution in [3.63, 3.8) is 0 Å². The molecule has 152 valence electrons. The van der Waals surface area contributed by atoms with E-state index in [0.717, 1.165) is 42.9 Å². The van der Waals surface area contributed by atoms with E-state index in [9.17, 15) is 9.59 Å². The van der Waals surface area contributed by atoms with Crippen LogP contribution in [0.5, 0.6) is 5.75 Å². The molecule has 3 saturated heterocycles. The van der Waals surface area contributed by atoms with Gasteiger partial charge in [0, 0.05) is 29.6 Å². The minimum Gasteiger partial charge on any atom is -0.497 e. The normalized spacial score (nSPS) is 28.0. The molecule has 5 rings (SSSR count). The zero-order valence-electron chi connectivity index (χ0n) is 16.8. The lowest BCUT2D eigenvalue weighted by molar-refractivity contribution is -0.137. The first-order chi connectivity index (χ1) is 14.0. The summed E-state index contributed by atoms with van der Waals surface area (Å²) in [5.41, 5.74) is 1.19. The number of hydrogen-bond acceptors (Lipinski definition) is 5. The molecule has 6 nitrogen and oxygen atoms in total. The second kappa shape index (κ2) is 6.83. The van der Waals surface area contributed by atoms with E-state index in [1.807, 2.05) is 40.3 Å². The molecule has 0 aliphatic carbocycles. The third-order valence-corrected chi connectivity index (χ3v) is 7.67. The summed E-state index contributed by atoms with van der Waals surface area (Å²) in [7, 11) is 1.60. The minimum atomic E-state index is -0.414. The predicted octanol–water partition coefficient (Wildman–Crippen LogP) is 3.26. The Morgan fingerprint density at radius 1 is 1.38 bits per heavy atom. The van der Waals surface area contributed by atoms with Gasteiger partial charge in [0.15, 0.2) is 0 Å². The van der Waals surface area contributed by atoms with Gasteiger partial charge in [0.25, 0.3) is 5.91 Å². The molecule has 1 spiro atoms. The first kappa shape index (κ1) is 18.6. The van der Waals surface area contributed by atoms with Crippen LogP contribution in [0, 0.1) is 12.3 Å². The molecule has 7 heteroatoms. The van der Waals surface area contributed by atoms with Crippen LogP contribution in [0.4, 0.5) is 0 Å². The molecule has 0 radical (unpaired) electrons. The number of hydrogen-bond donors (Lipinski definition) is 0. The van der Waals surface area contributed by atoms with Crippen molar-refractivity contribution in [2.75, 3.05) is 13.7 Å². The molecule has 2 aromatic rings. The Hall–Kier alpha value is -2.41. The van der Waals surface area contributed by atoms with Gasteiger partial charge < -0.3 is 14.5 Å². The summed E-state index contributed by atoms with van der Waals surface area (Å²) in [5, 5.41) is 3.06. The maximum atomic E-state index is 13.5. The molecule has 2 bridgehead atoms. The van der Waals surface area contributed by atoms with Gasteiger partial charge in [-0.25, -0.2) is 4.98 Å². The van der Waals surface area contributed by atoms with Gasteiger partial charge in [-0.2, -0.15) is 0 Å². The van der Waals surface area contributed by atoms with E-state index in [-0.39, 0.29) is 23.9 Å². The van der Waals surface area contributed by atoms with Gasteiger partial charge in [-0.1, -0.05) is 6.07 Å². The third-order valence-electron chi connectivity index (χ3n) is 6.85. The zero-order valence-corrected chi connectivity index (χ0v) is 17.6. The molecule has 0 saturated carbocycles. The molecule has 0 unspecified atom stereocenters. The summed E-state index contributed by atoms with van der Waals surface area (Å²) in [6, 6.07) is 7.47. The van der Waals surface area contributed by atoms with Gasteiger partial charge in [0.05, 0.1) is 29.8 Å². The average Bonchev–Trinajstić information content (AvgIpc) is 3.48. The fraction of sp³-hybridized carbons (Fsp3) is 0.500. The van der Waals surface area contributed by atoms with Crippen molar-refractivity contribution in [2.24, 2.45) is 5.41 Å². The summed E-state index contributed by atoms with van der Waals surface area (Å²) in [5.74, 6) is 0.909. The second-order valence-electron chi connectivity index (χ2n) is 8.39. The highest BCUT2D eigenvalue weighted by molar-refractivity contribution is 7.09. The van der Waals surface area contributed by atoms with E-state index in [4.69, 9.17) is 4.74 Å². The van der Waals surface area contributed by atoms with Crippen LogP contribution in [0.25, 0.3) is 0 Å². The number of carbonyl (C=O) groups is 2. The van der Waals surface area contributed by atoms with Crippen molar-refractivity contribution < 1.29 is 14.3 Å². The minimum absolute atomic E-state index is 0.000807. The third kappa shape index (κ3) is 2.86. The van der Waals surface area contributed by atoms with Crippen LogP contribution < -0.4 is 4.74 Å². The summed E-state index contributed by atoms with van der Waals surface area (Å²) >= 11 is 1.62. The quantitative estimate of drug-likeness (QED) is 0.775. The second-order valence-corrected chi connectivity index (χ2v) is 9.45. The number of rotatable bonds is 4. The van der Waals surface area contributed by atoms with Crippen LogP contribution in [0.2, 0.25) is 0 Å². The molecule has 29 heavy (non-hydrogen) atoms. The van der Waals surface area contributed by atoms with E-state index >= 15 is 0 Å². The van der Waals surface area contributed by atoms with Gasteiger partial charge in [0.2, 0.25) is 5.91 Å². The molecule has 1 aromatic heterocycles. The molecular weight excluding hydrogens is 386 g/mol. The highest BCUT2D eigenvalue weighted by Gasteiger charge is 2.64. The van der Waals surface area contributed by atoms with Gasteiger partial charge in [-0.15, -0.1) is 11.3 Å². The number of carbonyl (C=O) groups excluding carboxylic acids is 2. The van der Waals surface area contributed by atoms with Gasteiger partial charge in [-0.05, 0) is 50.8 Å². The lowest BCUT2D eigenvalue weighted by atomic mass is 9.72. The first-order valence-corrected chi connectivity index (χ1v) is 11.1. The largest absolute Gasteiger partial charge is 0.497 e. The van der Waals surface area contributed by atoms with Crippen molar-refractivity contribution in [3.05, 3.63) is 45.9 Å². The number of aryl methyl sites for hydroxylation is 1. The number of amides is 2. The number of benzene rings is 1. The van der Waals surface area contributed by atoms with Gasteiger partial charge >= 0.3 is 0 Å². The SMILES string of the molecule is COc1cccc(C(=O)N2[C@H]3CC[C@H]2[C@]2(CCN(Cc4csc(C)n4)C2=O)C3)c1. The number of nitrogens with zero attached hydrogens (tertiary/aromatic N) is 3. The summed E-state index contributed by atoms with van der Waals surface area (Å²) < 4.78 is 5.28. The summed E-state index contributed by atoms with van der Waals surface area (Å²) in [6.45, 7) is 3.31. The molecule has 4 heterocycles. The topological polar surface area (TPSA) is 62.7 Å². The Labute approximate surface area is 174 Å². The van der Waals surface area contributed by atoms with Crippen LogP contribution >= 0.6 is 11.3 Å². The van der Waals surface area contributed by atoms with Crippen LogP contribution in [0.1, 0.15) is 46.7 Å². The fourth-order valence-electron chi connectivity index (χ4n) is 5.58. The average molecular weight is 412 g/mol. The van der Waals surface area contributed by atoms with E-state index in [0.29, 0.717) is 17.9 Å². The molecule has 3 fully saturated rings. The predicted molar refractivity (Wildman–Crippen MR) is 110 cm³/mol. The number of methoxy groups -OCH3 is 1. The lowest BCUT2D eigenvalue weighted by Crippen LogP contribution is -2.45. The van der Waals surface area contributed by atoms with Crippen molar-refractivity contribution in [1.29, 1.82) is 0 Å². The van der Waals surface area contributed by atoms with Gasteiger partial charge in [-0.3, -0.25) is 9.59 Å². The molecule has 3 atom stereocenters. The Bertz CT molecular complexity index is 974. The van der Waals surface area contributed by atoms with E-state index in [1.54, 1.807) is 24.5 Å². The monoisotopic (exact) mass is 411 g/mol. The standard InChI is InChI=1S/C22H25N3O3S/c1-14-23-16(13-29-14)12-24-9-8-22(21(24)27)11-17-6-7-19(22)25(17)20(26)15-4-3-5-18(10-15)28-2/h3-5,10,13,17,19H,6-9,11-12H2,1-2H3/t17-,19-,22-/m0/s1. The number of likely N-dealkylation sites (tertiary alicyclic amines) is 1. The number of fused-ring (bicyclic) bond motifs is 3. The van der Waals surface area contributed by atoms with Crippen molar-refractivity contribution in [3.8, 4) is 5.75 Å². The first-order valence-electron chi connectivity index (χ1n) is 10.2. The van der Waals surface area contributed by atoms with E-state index < -0.39 is 5.41 Å². The smallest absolute Gasteiger partial charge is 0.254 e. The molecule has 2 amide bonds. The van der Waals surface area contributed by atoms with Crippen LogP contribution in [-0.2, 0) is 11.3 Å². The highest BCUT2D eigenvalue weighted by atomic mass is 32.1. The molecule has 3 aliphatic rings. The van der Waals surface area contributed by atoms with Crippen molar-refractivity contribution in [1.82, 2.24) is 14.8 Å². The Balaban J connectivity index is 1.38. The number of aromatic nitrogens is 1. The maximum absolute atomic E-state index is 13.5. The fourth-order valence-corrected chi connectivity index (χ4v) is 6.18. The van der Waals surface area contributed by atoms with Crippen LogP contribution in [-0.4, -0.2) is 52.3 Å². The van der Waals surface area contributed by atoms with Crippen LogP contribution in [0.3, 0.4) is 0 Å². The summed E-state index contributed by atoms with van der Waals surface area (Å²) in [6.07, 6.45) is 3.52. The molecule has 1 aromatic carbocycles. The van der Waals surface area contributed by atoms with E-state index in [2.05, 4.69) is 4.98 Å². The number of thiazole rings is 1. The Morgan fingerprint density at radius 2 is 2.24 bits per heavy atom. The summed E-state index contributed by atoms with van der Waals surface area (Å²) in [4.78, 5) is 35.3. The lowest BCUT2D eigenvalue weighted by Gasteiger charge is -2.32. The highest BCUT2D eigenvalue weighted by Crippen LogP contribution is 2.55. The van der Waals surface area contributed by atoms with Gasteiger partial charge in [0.1, 0.15) is 5.75 Å². The number of ether oxygens (including phenoxy) is 1. The van der Waals surface area contributed by atoms with Crippen molar-refractivity contribution in [2.45, 2.75) is 51.2 Å². The Kier molecular flexibility index (Phi) is 4.38. The molecular formula is C22H25N3O3S. The molecule has 3 aliphatic heterocycles. The Morgan fingerprint density at radius 3 is 3.00 bits per heavy atom. The molecule has 0 N–H and O–H groups in total. The maximum Gasteiger partial charge on any atom is 0.254 e. The zero-order chi connectivity index (χ0) is 20.2. The van der Waals surface area contributed by atoms with Crippen LogP contribution in [0.15, 0.2) is 29.6 Å². The van der Waals surface area contributed by atoms with Crippen molar-refractivity contribution >= 4 is 23.2 Å². The van der Waals surface area contributed by atoms with E-state index in [1.165, 1.54) is 0 Å².